The second-order valence-corrected chi connectivity index (χ2v) is 10.0. The van der Waals surface area contributed by atoms with Gasteiger partial charge in [0.05, 0.1) is 0 Å². The summed E-state index contributed by atoms with van der Waals surface area (Å²) in [5.74, 6) is -2.20. The lowest BCUT2D eigenvalue weighted by atomic mass is 9.95. The normalized spacial score (nSPS) is 26.6. The van der Waals surface area contributed by atoms with Gasteiger partial charge < -0.3 is 26.0 Å². The van der Waals surface area contributed by atoms with Gasteiger partial charge >= 0.3 is 18.0 Å². The highest BCUT2D eigenvalue weighted by Crippen LogP contribution is 2.50. The minimum Gasteiger partial charge on any atom is -0.480 e. The van der Waals surface area contributed by atoms with Crippen molar-refractivity contribution in [2.75, 3.05) is 13.1 Å². The second kappa shape index (κ2) is 8.01. The Hall–Kier alpha value is -3.28. The number of aliphatic carboxylic acids is 1. The van der Waals surface area contributed by atoms with Crippen molar-refractivity contribution in [2.24, 2.45) is 0 Å². The third-order valence-corrected chi connectivity index (χ3v) is 7.31. The topological polar surface area (TPSA) is 148 Å². The van der Waals surface area contributed by atoms with E-state index in [1.165, 1.54) is 16.7 Å². The molecule has 1 aromatic rings. The van der Waals surface area contributed by atoms with Gasteiger partial charge in [0.2, 0.25) is 11.8 Å². The number of benzene rings is 1. The lowest BCUT2D eigenvalue weighted by Gasteiger charge is -2.44. The molecule has 1 unspecified atom stereocenters. The summed E-state index contributed by atoms with van der Waals surface area (Å²) in [7, 11) is 0. The molecule has 0 aliphatic carbocycles. The number of hydrogen-bond donors (Lipinski definition) is 4. The number of carbonyl (C=O) groups is 5. The highest BCUT2D eigenvalue weighted by Gasteiger charge is 2.64. The number of carboxylic acid groups (broad SMARTS) is 1. The summed E-state index contributed by atoms with van der Waals surface area (Å²) in [4.78, 5) is 64.2. The van der Waals surface area contributed by atoms with Crippen molar-refractivity contribution in [1.82, 2.24) is 25.8 Å². The van der Waals surface area contributed by atoms with Crippen molar-refractivity contribution in [1.29, 1.82) is 0 Å². The maximum atomic E-state index is 13.1. The number of urea groups is 2. The molecule has 170 valence electrons. The van der Waals surface area contributed by atoms with Gasteiger partial charge in [-0.05, 0) is 19.4 Å². The molecule has 3 saturated heterocycles. The molecule has 32 heavy (non-hydrogen) atoms. The molecule has 6 amide bonds. The zero-order valence-electron chi connectivity index (χ0n) is 17.4. The molecular weight excluding hydrogens is 438 g/mol. The van der Waals surface area contributed by atoms with Crippen LogP contribution in [0.4, 0.5) is 9.59 Å². The predicted octanol–water partition coefficient (Wildman–Crippen LogP) is 0.0942. The van der Waals surface area contributed by atoms with Gasteiger partial charge in [0.15, 0.2) is 0 Å². The maximum Gasteiger partial charge on any atom is 0.327 e. The Morgan fingerprint density at radius 3 is 2.50 bits per heavy atom. The average molecular weight is 462 g/mol. The van der Waals surface area contributed by atoms with Crippen molar-refractivity contribution in [3.8, 4) is 0 Å². The fourth-order valence-corrected chi connectivity index (χ4v) is 5.82. The largest absolute Gasteiger partial charge is 0.480 e. The molecule has 4 atom stereocenters. The lowest BCUT2D eigenvalue weighted by molar-refractivity contribution is -0.161. The first kappa shape index (κ1) is 21.9. The van der Waals surface area contributed by atoms with Crippen LogP contribution in [-0.4, -0.2) is 80.0 Å². The van der Waals surface area contributed by atoms with Crippen LogP contribution < -0.4 is 16.0 Å². The highest BCUT2D eigenvalue weighted by atomic mass is 32.2. The lowest BCUT2D eigenvalue weighted by Crippen LogP contribution is -2.71. The quantitative estimate of drug-likeness (QED) is 0.454. The Kier molecular flexibility index (Phi) is 5.49. The first-order chi connectivity index (χ1) is 15.1. The fourth-order valence-electron chi connectivity index (χ4n) is 4.19. The Bertz CT molecular complexity index is 986. The summed E-state index contributed by atoms with van der Waals surface area (Å²) in [5, 5.41) is 16.8. The van der Waals surface area contributed by atoms with Crippen molar-refractivity contribution >= 4 is 41.6 Å². The molecule has 3 fully saturated rings. The van der Waals surface area contributed by atoms with Gasteiger partial charge in [-0.1, -0.05) is 30.3 Å². The number of nitrogens with one attached hydrogen (secondary N) is 3. The standard InChI is InChI=1S/C20H23N5O6S/c1-20(2)13(17(28)29)25-15(27)12(16(25)32-20)22-14(26)11(10-6-4-3-5-7-10)23-19(31)24-9-8-21-18(24)30/h3-7,11-13,16H,8-9H2,1-2H3,(H,21,30)(H,22,26)(H,23,31)(H,28,29)/t11?,12-,13+,16-/m1/s1. The molecule has 3 aliphatic heterocycles. The molecular formula is C20H23N5O6S. The van der Waals surface area contributed by atoms with Crippen LogP contribution in [0.5, 0.6) is 0 Å². The Morgan fingerprint density at radius 1 is 1.22 bits per heavy atom. The molecule has 0 spiro atoms. The summed E-state index contributed by atoms with van der Waals surface area (Å²) in [5.41, 5.74) is 0.476. The van der Waals surface area contributed by atoms with Crippen LogP contribution in [0.15, 0.2) is 30.3 Å². The van der Waals surface area contributed by atoms with E-state index in [-0.39, 0.29) is 6.54 Å². The molecule has 0 aromatic heterocycles. The number of β-lactam (4-membered cyclic amide) rings is 1. The smallest absolute Gasteiger partial charge is 0.327 e. The van der Waals surface area contributed by atoms with E-state index in [0.29, 0.717) is 12.1 Å². The van der Waals surface area contributed by atoms with Crippen LogP contribution >= 0.6 is 11.8 Å². The Balaban J connectivity index is 1.51. The summed E-state index contributed by atoms with van der Waals surface area (Å²) in [6.45, 7) is 3.98. The summed E-state index contributed by atoms with van der Waals surface area (Å²) < 4.78 is -0.720. The van der Waals surface area contributed by atoms with Crippen molar-refractivity contribution in [3.63, 3.8) is 0 Å². The molecule has 12 heteroatoms. The van der Waals surface area contributed by atoms with Gasteiger partial charge in [0, 0.05) is 17.8 Å². The van der Waals surface area contributed by atoms with E-state index in [0.717, 1.165) is 4.90 Å². The third-order valence-electron chi connectivity index (χ3n) is 5.74. The van der Waals surface area contributed by atoms with Gasteiger partial charge in [0.25, 0.3) is 0 Å². The molecule has 4 rings (SSSR count). The minimum atomic E-state index is -1.14. The Morgan fingerprint density at radius 2 is 1.91 bits per heavy atom. The number of carboxylic acids is 1. The number of thioether (sulfide) groups is 1. The van der Waals surface area contributed by atoms with Crippen LogP contribution in [0.3, 0.4) is 0 Å². The third kappa shape index (κ3) is 3.64. The molecule has 3 aliphatic rings. The summed E-state index contributed by atoms with van der Waals surface area (Å²) in [6, 6.07) is 4.14. The van der Waals surface area contributed by atoms with Crippen LogP contribution in [0.2, 0.25) is 0 Å². The van der Waals surface area contributed by atoms with Crippen molar-refractivity contribution < 1.29 is 29.1 Å². The van der Waals surface area contributed by atoms with E-state index in [9.17, 15) is 29.1 Å². The van der Waals surface area contributed by atoms with Crippen LogP contribution in [-0.2, 0) is 14.4 Å². The van der Waals surface area contributed by atoms with E-state index >= 15 is 0 Å². The zero-order chi connectivity index (χ0) is 23.2. The Labute approximate surface area is 187 Å². The number of imide groups is 1. The fraction of sp³-hybridized carbons (Fsp3) is 0.450. The van der Waals surface area contributed by atoms with E-state index in [1.54, 1.807) is 44.2 Å². The van der Waals surface area contributed by atoms with Gasteiger partial charge in [-0.25, -0.2) is 19.3 Å². The minimum absolute atomic E-state index is 0.175. The molecule has 0 bridgehead atoms. The number of hydrogen-bond acceptors (Lipinski definition) is 6. The second-order valence-electron chi connectivity index (χ2n) is 8.26. The molecule has 11 nitrogen and oxygen atoms in total. The number of amides is 6. The number of nitrogens with zero attached hydrogens (tertiary/aromatic N) is 2. The first-order valence-electron chi connectivity index (χ1n) is 10.1. The molecule has 1 aromatic carbocycles. The summed E-state index contributed by atoms with van der Waals surface area (Å²) >= 11 is 1.31. The van der Waals surface area contributed by atoms with Crippen LogP contribution in [0.25, 0.3) is 0 Å². The molecule has 3 heterocycles. The summed E-state index contributed by atoms with van der Waals surface area (Å²) in [6.07, 6.45) is 0. The van der Waals surface area contributed by atoms with Crippen molar-refractivity contribution in [3.05, 3.63) is 35.9 Å². The van der Waals surface area contributed by atoms with Crippen LogP contribution in [0, 0.1) is 0 Å². The zero-order valence-corrected chi connectivity index (χ0v) is 18.2. The average Bonchev–Trinajstić information content (AvgIpc) is 3.29. The van der Waals surface area contributed by atoms with E-state index in [1.807, 2.05) is 0 Å². The van der Waals surface area contributed by atoms with Gasteiger partial charge in [0.1, 0.15) is 23.5 Å². The van der Waals surface area contributed by atoms with E-state index in [2.05, 4.69) is 16.0 Å². The SMILES string of the molecule is CC1(C)S[C@@H]2[C@H](NC(=O)C(NC(=O)N3CCNC3=O)c3ccccc3)C(=O)N2[C@H]1C(=O)O. The number of carbonyl (C=O) groups excluding carboxylic acids is 4. The molecule has 4 N–H and O–H groups in total. The monoisotopic (exact) mass is 461 g/mol. The molecule has 0 radical (unpaired) electrons. The maximum absolute atomic E-state index is 13.1. The van der Waals surface area contributed by atoms with E-state index in [4.69, 9.17) is 0 Å². The predicted molar refractivity (Wildman–Crippen MR) is 113 cm³/mol. The van der Waals surface area contributed by atoms with Crippen LogP contribution in [0.1, 0.15) is 25.5 Å². The van der Waals surface area contributed by atoms with E-state index < -0.39 is 58.1 Å². The highest BCUT2D eigenvalue weighted by molar-refractivity contribution is 8.01. The van der Waals surface area contributed by atoms with Gasteiger partial charge in [-0.3, -0.25) is 9.59 Å². The molecule has 0 saturated carbocycles. The van der Waals surface area contributed by atoms with Gasteiger partial charge in [-0.2, -0.15) is 0 Å². The van der Waals surface area contributed by atoms with Crippen molar-refractivity contribution in [2.45, 2.75) is 42.1 Å². The number of fused-ring (bicyclic) bond motifs is 1. The number of rotatable bonds is 5. The first-order valence-corrected chi connectivity index (χ1v) is 10.9. The van der Waals surface area contributed by atoms with Gasteiger partial charge in [-0.15, -0.1) is 11.8 Å².